The maximum Gasteiger partial charge on any atom is 0.261 e. The van der Waals surface area contributed by atoms with Crippen LogP contribution in [0.25, 0.3) is 0 Å². The Kier molecular flexibility index (Phi) is 4.29. The Morgan fingerprint density at radius 2 is 1.96 bits per heavy atom. The SMILES string of the molecule is CC1(C)CC(=O)c2cc(C(=O)NCc3ccccc3F)c(=O)[nH]c2C1. The number of H-pyrrole nitrogens is 1. The van der Waals surface area contributed by atoms with E-state index in [1.54, 1.807) is 18.2 Å². The van der Waals surface area contributed by atoms with E-state index in [0.29, 0.717) is 29.7 Å². The first-order chi connectivity index (χ1) is 11.8. The molecule has 0 saturated carbocycles. The van der Waals surface area contributed by atoms with Crippen molar-refractivity contribution in [1.29, 1.82) is 0 Å². The van der Waals surface area contributed by atoms with Gasteiger partial charge in [-0.25, -0.2) is 4.39 Å². The summed E-state index contributed by atoms with van der Waals surface area (Å²) < 4.78 is 13.6. The van der Waals surface area contributed by atoms with Gasteiger partial charge in [-0.3, -0.25) is 14.4 Å². The number of pyridine rings is 1. The normalized spacial score (nSPS) is 15.6. The molecule has 6 heteroatoms. The fourth-order valence-electron chi connectivity index (χ4n) is 3.11. The van der Waals surface area contributed by atoms with Gasteiger partial charge in [-0.1, -0.05) is 32.0 Å². The Morgan fingerprint density at radius 3 is 2.68 bits per heavy atom. The maximum atomic E-state index is 13.6. The van der Waals surface area contributed by atoms with Gasteiger partial charge in [-0.2, -0.15) is 0 Å². The molecule has 1 aromatic carbocycles. The molecular weight excluding hydrogens is 323 g/mol. The number of aromatic amines is 1. The number of fused-ring (bicyclic) bond motifs is 1. The van der Waals surface area contributed by atoms with Crippen LogP contribution in [0, 0.1) is 11.2 Å². The maximum absolute atomic E-state index is 13.6. The number of aromatic nitrogens is 1. The topological polar surface area (TPSA) is 79.0 Å². The van der Waals surface area contributed by atoms with E-state index in [0.717, 1.165) is 0 Å². The number of hydrogen-bond acceptors (Lipinski definition) is 3. The van der Waals surface area contributed by atoms with Crippen molar-refractivity contribution in [2.24, 2.45) is 5.41 Å². The highest BCUT2D eigenvalue weighted by atomic mass is 19.1. The molecule has 0 fully saturated rings. The van der Waals surface area contributed by atoms with E-state index in [1.165, 1.54) is 12.1 Å². The first kappa shape index (κ1) is 17.1. The molecule has 25 heavy (non-hydrogen) atoms. The highest BCUT2D eigenvalue weighted by Crippen LogP contribution is 2.33. The molecule has 0 radical (unpaired) electrons. The lowest BCUT2D eigenvalue weighted by molar-refractivity contribution is 0.0910. The summed E-state index contributed by atoms with van der Waals surface area (Å²) in [7, 11) is 0. The number of rotatable bonds is 3. The van der Waals surface area contributed by atoms with Crippen molar-refractivity contribution in [2.75, 3.05) is 0 Å². The Balaban J connectivity index is 1.85. The van der Waals surface area contributed by atoms with Crippen molar-refractivity contribution in [3.8, 4) is 0 Å². The van der Waals surface area contributed by atoms with Crippen molar-refractivity contribution in [3.05, 3.63) is 68.9 Å². The van der Waals surface area contributed by atoms with Gasteiger partial charge >= 0.3 is 0 Å². The molecular formula is C19H19FN2O3. The molecule has 3 rings (SSSR count). The van der Waals surface area contributed by atoms with Crippen LogP contribution in [0.4, 0.5) is 4.39 Å². The molecule has 130 valence electrons. The molecule has 0 atom stereocenters. The van der Waals surface area contributed by atoms with E-state index in [1.807, 2.05) is 13.8 Å². The number of carbonyl (C=O) groups is 2. The second kappa shape index (κ2) is 6.27. The smallest absolute Gasteiger partial charge is 0.261 e. The van der Waals surface area contributed by atoms with Crippen LogP contribution < -0.4 is 10.9 Å². The summed E-state index contributed by atoms with van der Waals surface area (Å²) in [4.78, 5) is 39.5. The first-order valence-electron chi connectivity index (χ1n) is 8.08. The summed E-state index contributed by atoms with van der Waals surface area (Å²) in [6.45, 7) is 3.88. The lowest BCUT2D eigenvalue weighted by atomic mass is 9.75. The number of amides is 1. The minimum Gasteiger partial charge on any atom is -0.348 e. The quantitative estimate of drug-likeness (QED) is 0.900. The zero-order valence-corrected chi connectivity index (χ0v) is 14.1. The second-order valence-electron chi connectivity index (χ2n) is 7.12. The number of ketones is 1. The Morgan fingerprint density at radius 1 is 1.24 bits per heavy atom. The number of Topliss-reactive ketones (excluding diaryl/α,β-unsaturated/α-hetero) is 1. The van der Waals surface area contributed by atoms with Gasteiger partial charge in [0.15, 0.2) is 5.78 Å². The predicted molar refractivity (Wildman–Crippen MR) is 91.1 cm³/mol. The van der Waals surface area contributed by atoms with E-state index in [9.17, 15) is 18.8 Å². The second-order valence-corrected chi connectivity index (χ2v) is 7.12. The van der Waals surface area contributed by atoms with Crippen LogP contribution in [0.5, 0.6) is 0 Å². The molecule has 2 aromatic rings. The van der Waals surface area contributed by atoms with Gasteiger partial charge in [-0.15, -0.1) is 0 Å². The van der Waals surface area contributed by atoms with E-state index in [-0.39, 0.29) is 23.3 Å². The monoisotopic (exact) mass is 342 g/mol. The highest BCUT2D eigenvalue weighted by Gasteiger charge is 2.32. The van der Waals surface area contributed by atoms with Crippen LogP contribution in [0.15, 0.2) is 35.1 Å². The minimum atomic E-state index is -0.634. The molecule has 0 spiro atoms. The Hall–Kier alpha value is -2.76. The number of halogens is 1. The summed E-state index contributed by atoms with van der Waals surface area (Å²) in [5.41, 5.74) is 0.370. The van der Waals surface area contributed by atoms with Crippen molar-refractivity contribution in [2.45, 2.75) is 33.2 Å². The molecule has 0 unspecified atom stereocenters. The van der Waals surface area contributed by atoms with Crippen LogP contribution in [-0.2, 0) is 13.0 Å². The predicted octanol–water partition coefficient (Wildman–Crippen LogP) is 2.60. The average Bonchev–Trinajstić information content (AvgIpc) is 2.52. The molecule has 0 aliphatic heterocycles. The van der Waals surface area contributed by atoms with Gasteiger partial charge < -0.3 is 10.3 Å². The number of benzene rings is 1. The Bertz CT molecular complexity index is 915. The standard InChI is InChI=1S/C19H19FN2O3/c1-19(2)8-15-12(16(23)9-19)7-13(18(25)22-15)17(24)21-10-11-5-3-4-6-14(11)20/h3-7H,8-10H2,1-2H3,(H,21,24)(H,22,25). The van der Waals surface area contributed by atoms with E-state index >= 15 is 0 Å². The lowest BCUT2D eigenvalue weighted by Gasteiger charge is -2.29. The summed E-state index contributed by atoms with van der Waals surface area (Å²) in [5, 5.41) is 2.52. The fraction of sp³-hybridized carbons (Fsp3) is 0.316. The zero-order valence-electron chi connectivity index (χ0n) is 14.1. The summed E-state index contributed by atoms with van der Waals surface area (Å²) in [6, 6.07) is 7.42. The third-order valence-electron chi connectivity index (χ3n) is 4.36. The van der Waals surface area contributed by atoms with Gasteiger partial charge in [0.05, 0.1) is 0 Å². The lowest BCUT2D eigenvalue weighted by Crippen LogP contribution is -2.34. The molecule has 5 nitrogen and oxygen atoms in total. The van der Waals surface area contributed by atoms with E-state index in [4.69, 9.17) is 0 Å². The Labute approximate surface area is 144 Å². The molecule has 1 heterocycles. The number of carbonyl (C=O) groups excluding carboxylic acids is 2. The van der Waals surface area contributed by atoms with Crippen LogP contribution in [0.3, 0.4) is 0 Å². The molecule has 0 saturated heterocycles. The third kappa shape index (κ3) is 3.52. The van der Waals surface area contributed by atoms with Gasteiger partial charge in [-0.05, 0) is 24.0 Å². The van der Waals surface area contributed by atoms with Crippen molar-refractivity contribution < 1.29 is 14.0 Å². The van der Waals surface area contributed by atoms with Gasteiger partial charge in [0.2, 0.25) is 0 Å². The van der Waals surface area contributed by atoms with Gasteiger partial charge in [0.1, 0.15) is 11.4 Å². The molecule has 1 aliphatic rings. The highest BCUT2D eigenvalue weighted by molar-refractivity contribution is 6.02. The first-order valence-corrected chi connectivity index (χ1v) is 8.08. The van der Waals surface area contributed by atoms with E-state index in [2.05, 4.69) is 10.3 Å². The summed E-state index contributed by atoms with van der Waals surface area (Å²) >= 11 is 0. The van der Waals surface area contributed by atoms with Crippen LogP contribution in [-0.4, -0.2) is 16.7 Å². The van der Waals surface area contributed by atoms with Crippen molar-refractivity contribution in [3.63, 3.8) is 0 Å². The third-order valence-corrected chi connectivity index (χ3v) is 4.36. The molecule has 0 bridgehead atoms. The van der Waals surface area contributed by atoms with Crippen molar-refractivity contribution >= 4 is 11.7 Å². The fourth-order valence-corrected chi connectivity index (χ4v) is 3.11. The minimum absolute atomic E-state index is 0.0387. The number of nitrogens with one attached hydrogen (secondary N) is 2. The summed E-state index contributed by atoms with van der Waals surface area (Å²) in [5.74, 6) is -1.16. The zero-order chi connectivity index (χ0) is 18.2. The van der Waals surface area contributed by atoms with E-state index < -0.39 is 17.3 Å². The molecule has 1 aliphatic carbocycles. The molecule has 1 aromatic heterocycles. The average molecular weight is 342 g/mol. The van der Waals surface area contributed by atoms with Crippen LogP contribution in [0.1, 0.15) is 52.2 Å². The van der Waals surface area contributed by atoms with Gasteiger partial charge in [0.25, 0.3) is 11.5 Å². The van der Waals surface area contributed by atoms with Crippen LogP contribution >= 0.6 is 0 Å². The number of hydrogen-bond donors (Lipinski definition) is 2. The summed E-state index contributed by atoms with van der Waals surface area (Å²) in [6.07, 6.45) is 0.933. The molecule has 1 amide bonds. The van der Waals surface area contributed by atoms with Gasteiger partial charge in [0, 0.05) is 29.8 Å². The molecule has 2 N–H and O–H groups in total. The largest absolute Gasteiger partial charge is 0.348 e. The van der Waals surface area contributed by atoms with Crippen LogP contribution in [0.2, 0.25) is 0 Å². The van der Waals surface area contributed by atoms with Crippen molar-refractivity contribution in [1.82, 2.24) is 10.3 Å².